The number of carbonyl (C=O) groups is 1. The first-order valence-electron chi connectivity index (χ1n) is 9.68. The van der Waals surface area contributed by atoms with Crippen LogP contribution in [0.25, 0.3) is 16.8 Å². The summed E-state index contributed by atoms with van der Waals surface area (Å²) in [5, 5.41) is 12.4. The van der Waals surface area contributed by atoms with Crippen LogP contribution < -0.4 is 10.6 Å². The van der Waals surface area contributed by atoms with Crippen molar-refractivity contribution in [2.75, 3.05) is 18.0 Å². The van der Waals surface area contributed by atoms with Crippen molar-refractivity contribution < 1.29 is 4.79 Å². The smallest absolute Gasteiger partial charge is 0.250 e. The van der Waals surface area contributed by atoms with Crippen molar-refractivity contribution in [2.24, 2.45) is 11.7 Å². The highest BCUT2D eigenvalue weighted by Crippen LogP contribution is 2.26. The Balaban J connectivity index is 1.52. The minimum atomic E-state index is -0.236. The lowest BCUT2D eigenvalue weighted by Gasteiger charge is -2.32. The molecule has 3 aromatic rings. The maximum Gasteiger partial charge on any atom is 0.250 e. The maximum atomic E-state index is 11.1. The zero-order chi connectivity index (χ0) is 19.3. The molecule has 0 aliphatic carbocycles. The molecule has 1 fully saturated rings. The number of carbonyl (C=O) groups excluding carboxylic acids is 1. The lowest BCUT2D eigenvalue weighted by Crippen LogP contribution is -2.37. The Morgan fingerprint density at radius 3 is 2.57 bits per heavy atom. The summed E-state index contributed by atoms with van der Waals surface area (Å²) in [6.45, 7) is 1.76. The molecule has 144 valence electrons. The van der Waals surface area contributed by atoms with Gasteiger partial charge in [0.2, 0.25) is 11.9 Å². The molecule has 4 rings (SSSR count). The van der Waals surface area contributed by atoms with Gasteiger partial charge in [-0.1, -0.05) is 47.6 Å². The number of aromatic nitrogens is 4. The van der Waals surface area contributed by atoms with Crippen molar-refractivity contribution >= 4 is 11.9 Å². The van der Waals surface area contributed by atoms with Crippen molar-refractivity contribution in [3.63, 3.8) is 0 Å². The number of nitrogens with zero attached hydrogens (tertiary/aromatic N) is 5. The molecule has 0 bridgehead atoms. The summed E-state index contributed by atoms with van der Waals surface area (Å²) in [7, 11) is 0. The number of piperidine rings is 1. The van der Waals surface area contributed by atoms with Crippen molar-refractivity contribution in [1.29, 1.82) is 0 Å². The average molecular weight is 376 g/mol. The zero-order valence-corrected chi connectivity index (χ0v) is 15.7. The van der Waals surface area contributed by atoms with Gasteiger partial charge in [0.25, 0.3) is 0 Å². The van der Waals surface area contributed by atoms with E-state index >= 15 is 0 Å². The van der Waals surface area contributed by atoms with E-state index < -0.39 is 0 Å². The van der Waals surface area contributed by atoms with Gasteiger partial charge in [0.1, 0.15) is 0 Å². The Morgan fingerprint density at radius 1 is 1.07 bits per heavy atom. The highest BCUT2D eigenvalue weighted by Gasteiger charge is 2.24. The van der Waals surface area contributed by atoms with Gasteiger partial charge in [-0.3, -0.25) is 4.79 Å². The van der Waals surface area contributed by atoms with Crippen LogP contribution in [0, 0.1) is 5.92 Å². The maximum absolute atomic E-state index is 11.1. The molecule has 28 heavy (non-hydrogen) atoms. The molecule has 1 amide bonds. The predicted octanol–water partition coefficient (Wildman–Crippen LogP) is 2.81. The van der Waals surface area contributed by atoms with Crippen LogP contribution in [-0.4, -0.2) is 39.2 Å². The second-order valence-corrected chi connectivity index (χ2v) is 7.26. The summed E-state index contributed by atoms with van der Waals surface area (Å²) in [4.78, 5) is 13.3. The fraction of sp³-hybridized carbons (Fsp3) is 0.333. The number of amides is 1. The number of anilines is 1. The first-order chi connectivity index (χ1) is 13.7. The number of rotatable bonds is 6. The van der Waals surface area contributed by atoms with E-state index in [1.807, 2.05) is 30.3 Å². The van der Waals surface area contributed by atoms with Gasteiger partial charge in [-0.15, -0.1) is 0 Å². The first-order valence-corrected chi connectivity index (χ1v) is 9.68. The molecule has 1 aromatic heterocycles. The Morgan fingerprint density at radius 2 is 1.82 bits per heavy atom. The molecule has 0 unspecified atom stereocenters. The van der Waals surface area contributed by atoms with Crippen LogP contribution in [0.2, 0.25) is 0 Å². The van der Waals surface area contributed by atoms with E-state index in [1.165, 1.54) is 5.56 Å². The topological polar surface area (TPSA) is 89.9 Å². The van der Waals surface area contributed by atoms with Crippen molar-refractivity contribution in [3.8, 4) is 16.8 Å². The second kappa shape index (κ2) is 8.21. The van der Waals surface area contributed by atoms with E-state index in [0.29, 0.717) is 12.3 Å². The Hall–Kier alpha value is -3.22. The van der Waals surface area contributed by atoms with Gasteiger partial charge in [-0.05, 0) is 58.9 Å². The summed E-state index contributed by atoms with van der Waals surface area (Å²) in [5.41, 5.74) is 8.57. The second-order valence-electron chi connectivity index (χ2n) is 7.26. The van der Waals surface area contributed by atoms with Crippen LogP contribution in [0.15, 0.2) is 54.6 Å². The van der Waals surface area contributed by atoms with Gasteiger partial charge in [-0.2, -0.15) is 4.68 Å². The van der Waals surface area contributed by atoms with Crippen molar-refractivity contribution in [2.45, 2.75) is 25.7 Å². The molecule has 0 radical (unpaired) electrons. The molecular weight excluding hydrogens is 352 g/mol. The van der Waals surface area contributed by atoms with Gasteiger partial charge < -0.3 is 10.6 Å². The minimum Gasteiger partial charge on any atom is -0.370 e. The van der Waals surface area contributed by atoms with E-state index in [1.54, 1.807) is 4.68 Å². The lowest BCUT2D eigenvalue weighted by molar-refractivity contribution is -0.118. The molecule has 2 heterocycles. The van der Waals surface area contributed by atoms with Crippen LogP contribution >= 0.6 is 0 Å². The van der Waals surface area contributed by atoms with Crippen LogP contribution in [0.3, 0.4) is 0 Å². The molecule has 2 aromatic carbocycles. The molecule has 1 aliphatic rings. The van der Waals surface area contributed by atoms with Crippen molar-refractivity contribution in [3.05, 3.63) is 54.6 Å². The monoisotopic (exact) mass is 376 g/mol. The van der Waals surface area contributed by atoms with E-state index in [9.17, 15) is 4.79 Å². The van der Waals surface area contributed by atoms with Crippen LogP contribution in [-0.2, 0) is 4.79 Å². The molecule has 1 aliphatic heterocycles. The van der Waals surface area contributed by atoms with Gasteiger partial charge in [0.15, 0.2) is 0 Å². The largest absolute Gasteiger partial charge is 0.370 e. The molecule has 0 spiro atoms. The van der Waals surface area contributed by atoms with E-state index in [-0.39, 0.29) is 5.91 Å². The van der Waals surface area contributed by atoms with Crippen LogP contribution in [0.1, 0.15) is 25.7 Å². The molecular formula is C21H24N6O. The zero-order valence-electron chi connectivity index (χ0n) is 15.7. The number of hydrogen-bond donors (Lipinski definition) is 1. The fourth-order valence-electron chi connectivity index (χ4n) is 3.80. The summed E-state index contributed by atoms with van der Waals surface area (Å²) in [6.07, 6.45) is 3.42. The number of hydrogen-bond acceptors (Lipinski definition) is 5. The number of tetrazole rings is 1. The third-order valence-corrected chi connectivity index (χ3v) is 5.27. The van der Waals surface area contributed by atoms with Crippen LogP contribution in [0.4, 0.5) is 5.95 Å². The normalized spacial score (nSPS) is 16.9. The Bertz CT molecular complexity index is 922. The minimum absolute atomic E-state index is 0.236. The third-order valence-electron chi connectivity index (χ3n) is 5.27. The van der Waals surface area contributed by atoms with Gasteiger partial charge in [0.05, 0.1) is 5.69 Å². The highest BCUT2D eigenvalue weighted by atomic mass is 16.1. The molecule has 1 atom stereocenters. The number of nitrogens with two attached hydrogens (primary N) is 1. The summed E-state index contributed by atoms with van der Waals surface area (Å²) in [5.74, 6) is 0.948. The summed E-state index contributed by atoms with van der Waals surface area (Å²) in [6, 6.07) is 18.5. The molecule has 1 saturated heterocycles. The quantitative estimate of drug-likeness (QED) is 0.714. The number of primary amides is 1. The highest BCUT2D eigenvalue weighted by molar-refractivity contribution is 5.73. The van der Waals surface area contributed by atoms with Crippen LogP contribution in [0.5, 0.6) is 0 Å². The fourth-order valence-corrected chi connectivity index (χ4v) is 3.80. The number of benzene rings is 2. The third kappa shape index (κ3) is 4.03. The Labute approximate surface area is 164 Å². The van der Waals surface area contributed by atoms with Gasteiger partial charge in [0, 0.05) is 19.5 Å². The standard InChI is InChI=1S/C21H24N6O/c22-20(28)13-8-16-5-4-14-26(15-16)21-23-24-25-27(21)19-11-9-18(10-12-19)17-6-2-1-3-7-17/h1-3,6-7,9-12,16H,4-5,8,13-15H2,(H2,22,28)/t16-/m1/s1. The van der Waals surface area contributed by atoms with Gasteiger partial charge in [-0.25, -0.2) is 0 Å². The van der Waals surface area contributed by atoms with Crippen molar-refractivity contribution in [1.82, 2.24) is 20.2 Å². The predicted molar refractivity (Wildman–Crippen MR) is 108 cm³/mol. The first kappa shape index (κ1) is 18.2. The molecule has 7 nitrogen and oxygen atoms in total. The summed E-state index contributed by atoms with van der Waals surface area (Å²) < 4.78 is 1.78. The Kier molecular flexibility index (Phi) is 5.32. The molecule has 0 saturated carbocycles. The van der Waals surface area contributed by atoms with Gasteiger partial charge >= 0.3 is 0 Å². The average Bonchev–Trinajstić information content (AvgIpc) is 3.23. The molecule has 2 N–H and O–H groups in total. The van der Waals surface area contributed by atoms with E-state index in [0.717, 1.165) is 49.6 Å². The summed E-state index contributed by atoms with van der Waals surface area (Å²) >= 11 is 0. The molecule has 7 heteroatoms. The van der Waals surface area contributed by atoms with E-state index in [4.69, 9.17) is 5.73 Å². The van der Waals surface area contributed by atoms with E-state index in [2.05, 4.69) is 44.7 Å². The SMILES string of the molecule is NC(=O)CC[C@H]1CCCN(c2nnnn2-c2ccc(-c3ccccc3)cc2)C1. The lowest BCUT2D eigenvalue weighted by atomic mass is 9.93.